The standard InChI is InChI=1S/C19H13Cl2NO4S/c20-13-6-8-15(9-7-13)22(14-4-2-1-3-5-14)27(25,26)16-10-11-18(21)17(12-16)19(23)24/h1-12H,(H,23,24). The smallest absolute Gasteiger partial charge is 0.337 e. The third-order valence-electron chi connectivity index (χ3n) is 3.76. The summed E-state index contributed by atoms with van der Waals surface area (Å²) < 4.78 is 27.8. The number of para-hydroxylation sites is 1. The zero-order valence-corrected chi connectivity index (χ0v) is 16.0. The minimum atomic E-state index is -4.12. The summed E-state index contributed by atoms with van der Waals surface area (Å²) in [6, 6.07) is 18.3. The Balaban J connectivity index is 2.21. The van der Waals surface area contributed by atoms with E-state index in [0.717, 1.165) is 10.4 Å². The van der Waals surface area contributed by atoms with Crippen molar-refractivity contribution in [2.75, 3.05) is 4.31 Å². The van der Waals surface area contributed by atoms with Gasteiger partial charge in [0.2, 0.25) is 0 Å². The minimum absolute atomic E-state index is 0.0424. The lowest BCUT2D eigenvalue weighted by atomic mass is 10.2. The number of carboxylic acid groups (broad SMARTS) is 1. The molecule has 0 atom stereocenters. The molecule has 0 spiro atoms. The molecule has 0 aliphatic heterocycles. The van der Waals surface area contributed by atoms with Gasteiger partial charge in [-0.1, -0.05) is 41.4 Å². The van der Waals surface area contributed by atoms with Gasteiger partial charge in [-0.05, 0) is 54.6 Å². The van der Waals surface area contributed by atoms with Crippen molar-refractivity contribution in [1.82, 2.24) is 0 Å². The third kappa shape index (κ3) is 3.93. The lowest BCUT2D eigenvalue weighted by Gasteiger charge is -2.25. The van der Waals surface area contributed by atoms with Crippen LogP contribution in [0, 0.1) is 0 Å². The van der Waals surface area contributed by atoms with E-state index in [0.29, 0.717) is 16.4 Å². The number of hydrogen-bond acceptors (Lipinski definition) is 3. The molecule has 3 rings (SSSR count). The third-order valence-corrected chi connectivity index (χ3v) is 6.09. The van der Waals surface area contributed by atoms with Crippen molar-refractivity contribution in [3.8, 4) is 0 Å². The SMILES string of the molecule is O=C(O)c1cc(S(=O)(=O)N(c2ccccc2)c2ccc(Cl)cc2)ccc1Cl. The molecule has 138 valence electrons. The molecule has 8 heteroatoms. The molecule has 0 aliphatic rings. The molecule has 27 heavy (non-hydrogen) atoms. The highest BCUT2D eigenvalue weighted by Gasteiger charge is 2.28. The van der Waals surface area contributed by atoms with Crippen LogP contribution in [0.2, 0.25) is 10.0 Å². The van der Waals surface area contributed by atoms with Gasteiger partial charge < -0.3 is 5.11 Å². The van der Waals surface area contributed by atoms with Crippen molar-refractivity contribution in [2.45, 2.75) is 4.90 Å². The van der Waals surface area contributed by atoms with Crippen molar-refractivity contribution in [3.05, 3.63) is 88.4 Å². The molecule has 3 aromatic rings. The van der Waals surface area contributed by atoms with Crippen molar-refractivity contribution in [2.24, 2.45) is 0 Å². The van der Waals surface area contributed by atoms with Crippen molar-refractivity contribution < 1.29 is 18.3 Å². The molecule has 0 saturated heterocycles. The molecule has 0 aliphatic carbocycles. The number of hydrogen-bond donors (Lipinski definition) is 1. The van der Waals surface area contributed by atoms with E-state index in [4.69, 9.17) is 23.2 Å². The average molecular weight is 422 g/mol. The normalized spacial score (nSPS) is 11.2. The van der Waals surface area contributed by atoms with Gasteiger partial charge >= 0.3 is 5.97 Å². The predicted octanol–water partition coefficient (Wildman–Crippen LogP) is 5.22. The number of carbonyl (C=O) groups is 1. The van der Waals surface area contributed by atoms with E-state index in [1.807, 2.05) is 0 Å². The van der Waals surface area contributed by atoms with Gasteiger partial charge in [0.05, 0.1) is 26.9 Å². The molecular formula is C19H13Cl2NO4S. The fourth-order valence-corrected chi connectivity index (χ4v) is 4.34. The molecule has 0 saturated carbocycles. The Hall–Kier alpha value is -2.54. The number of rotatable bonds is 5. The molecule has 0 aromatic heterocycles. The van der Waals surface area contributed by atoms with Crippen LogP contribution in [-0.2, 0) is 10.0 Å². The van der Waals surface area contributed by atoms with Gasteiger partial charge in [0.15, 0.2) is 0 Å². The molecule has 3 aromatic carbocycles. The van der Waals surface area contributed by atoms with Crippen LogP contribution in [0.25, 0.3) is 0 Å². The summed E-state index contributed by atoms with van der Waals surface area (Å²) in [5.41, 5.74) is 0.464. The monoisotopic (exact) mass is 421 g/mol. The van der Waals surface area contributed by atoms with Crippen LogP contribution in [0.4, 0.5) is 11.4 Å². The number of halogens is 2. The van der Waals surface area contributed by atoms with E-state index in [1.54, 1.807) is 54.6 Å². The molecule has 0 bridgehead atoms. The summed E-state index contributed by atoms with van der Waals surface area (Å²) in [7, 11) is -4.12. The minimum Gasteiger partial charge on any atom is -0.478 e. The van der Waals surface area contributed by atoms with Gasteiger partial charge in [-0.15, -0.1) is 0 Å². The van der Waals surface area contributed by atoms with Crippen LogP contribution in [0.5, 0.6) is 0 Å². The van der Waals surface area contributed by atoms with Gasteiger partial charge in [-0.25, -0.2) is 17.5 Å². The lowest BCUT2D eigenvalue weighted by Crippen LogP contribution is -2.26. The number of aromatic carboxylic acids is 1. The maximum atomic E-state index is 13.4. The highest BCUT2D eigenvalue weighted by Crippen LogP contribution is 2.34. The second-order valence-electron chi connectivity index (χ2n) is 5.53. The first-order valence-corrected chi connectivity index (χ1v) is 9.89. The molecule has 0 fully saturated rings. The van der Waals surface area contributed by atoms with Gasteiger partial charge in [-0.3, -0.25) is 0 Å². The van der Waals surface area contributed by atoms with E-state index < -0.39 is 16.0 Å². The Morgan fingerprint density at radius 3 is 2.04 bits per heavy atom. The van der Waals surface area contributed by atoms with Crippen molar-refractivity contribution in [1.29, 1.82) is 0 Å². The number of sulfonamides is 1. The molecule has 0 radical (unpaired) electrons. The maximum absolute atomic E-state index is 13.4. The van der Waals surface area contributed by atoms with E-state index >= 15 is 0 Å². The summed E-state index contributed by atoms with van der Waals surface area (Å²) in [4.78, 5) is 11.1. The highest BCUT2D eigenvalue weighted by atomic mass is 35.5. The van der Waals surface area contributed by atoms with Gasteiger partial charge in [0.1, 0.15) is 0 Å². The number of carboxylic acids is 1. The second kappa shape index (κ2) is 7.60. The zero-order valence-electron chi connectivity index (χ0n) is 13.7. The van der Waals surface area contributed by atoms with Crippen molar-refractivity contribution >= 4 is 50.6 Å². The topological polar surface area (TPSA) is 74.7 Å². The molecule has 0 unspecified atom stereocenters. The Morgan fingerprint density at radius 1 is 0.852 bits per heavy atom. The van der Waals surface area contributed by atoms with Gasteiger partial charge in [0.25, 0.3) is 10.0 Å². The Kier molecular flexibility index (Phi) is 5.41. The maximum Gasteiger partial charge on any atom is 0.337 e. The highest BCUT2D eigenvalue weighted by molar-refractivity contribution is 7.93. The Labute approximate surface area is 166 Å². The quantitative estimate of drug-likeness (QED) is 0.612. The van der Waals surface area contributed by atoms with Crippen LogP contribution in [0.3, 0.4) is 0 Å². The van der Waals surface area contributed by atoms with Crippen LogP contribution in [0.15, 0.2) is 77.7 Å². The van der Waals surface area contributed by atoms with Crippen LogP contribution >= 0.6 is 23.2 Å². The average Bonchev–Trinajstić information content (AvgIpc) is 2.64. The van der Waals surface area contributed by atoms with E-state index in [2.05, 4.69) is 0 Å². The number of nitrogens with zero attached hydrogens (tertiary/aromatic N) is 1. The summed E-state index contributed by atoms with van der Waals surface area (Å²) in [6.45, 7) is 0. The molecular weight excluding hydrogens is 409 g/mol. The van der Waals surface area contributed by atoms with Crippen LogP contribution in [0.1, 0.15) is 10.4 Å². The van der Waals surface area contributed by atoms with E-state index in [1.165, 1.54) is 12.1 Å². The van der Waals surface area contributed by atoms with Crippen LogP contribution in [-0.4, -0.2) is 19.5 Å². The van der Waals surface area contributed by atoms with Gasteiger partial charge in [-0.2, -0.15) is 0 Å². The summed E-state index contributed by atoms with van der Waals surface area (Å²) >= 11 is 11.8. The summed E-state index contributed by atoms with van der Waals surface area (Å²) in [6.07, 6.45) is 0. The Morgan fingerprint density at radius 2 is 1.44 bits per heavy atom. The number of benzene rings is 3. The van der Waals surface area contributed by atoms with E-state index in [9.17, 15) is 18.3 Å². The first-order chi connectivity index (χ1) is 12.8. The molecule has 0 amide bonds. The second-order valence-corrected chi connectivity index (χ2v) is 8.16. The fraction of sp³-hybridized carbons (Fsp3) is 0. The molecule has 1 N–H and O–H groups in total. The largest absolute Gasteiger partial charge is 0.478 e. The first kappa shape index (κ1) is 19.2. The van der Waals surface area contributed by atoms with Gasteiger partial charge in [0, 0.05) is 5.02 Å². The predicted molar refractivity (Wildman–Crippen MR) is 106 cm³/mol. The summed E-state index contributed by atoms with van der Waals surface area (Å²) in [5, 5.41) is 9.67. The first-order valence-electron chi connectivity index (χ1n) is 7.69. The van der Waals surface area contributed by atoms with Crippen LogP contribution < -0.4 is 4.31 Å². The fourth-order valence-electron chi connectivity index (χ4n) is 2.50. The lowest BCUT2D eigenvalue weighted by molar-refractivity contribution is 0.0697. The van der Waals surface area contributed by atoms with Crippen molar-refractivity contribution in [3.63, 3.8) is 0 Å². The number of anilines is 2. The zero-order chi connectivity index (χ0) is 19.6. The summed E-state index contributed by atoms with van der Waals surface area (Å²) in [5.74, 6) is -1.31. The molecule has 5 nitrogen and oxygen atoms in total. The molecule has 0 heterocycles. The Bertz CT molecular complexity index is 1080. The van der Waals surface area contributed by atoms with E-state index in [-0.39, 0.29) is 15.5 Å².